The Morgan fingerprint density at radius 2 is 2.00 bits per heavy atom. The van der Waals surface area contributed by atoms with E-state index in [9.17, 15) is 4.79 Å². The highest BCUT2D eigenvalue weighted by atomic mass is 16.5. The molecule has 1 fully saturated rings. The number of benzene rings is 1. The van der Waals surface area contributed by atoms with E-state index < -0.39 is 5.97 Å². The van der Waals surface area contributed by atoms with Crippen LogP contribution in [0.4, 0.5) is 5.69 Å². The van der Waals surface area contributed by atoms with E-state index in [0.717, 1.165) is 30.0 Å². The van der Waals surface area contributed by atoms with Gasteiger partial charge in [0.1, 0.15) is 0 Å². The maximum Gasteiger partial charge on any atom is 0.376 e. The topological polar surface area (TPSA) is 55.3 Å². The minimum Gasteiger partial charge on any atom is -0.463 e. The van der Waals surface area contributed by atoms with Gasteiger partial charge in [0.25, 0.3) is 0 Å². The van der Waals surface area contributed by atoms with Gasteiger partial charge in [-0.15, -0.1) is 0 Å². The van der Waals surface area contributed by atoms with Crippen molar-refractivity contribution < 1.29 is 9.53 Å². The third-order valence-corrected chi connectivity index (χ3v) is 3.59. The normalized spacial score (nSPS) is 14.7. The van der Waals surface area contributed by atoms with Crippen molar-refractivity contribution >= 4 is 11.7 Å². The van der Waals surface area contributed by atoms with E-state index in [1.165, 1.54) is 7.11 Å². The number of aromatic nitrogens is 2. The van der Waals surface area contributed by atoms with Crippen LogP contribution in [0.3, 0.4) is 0 Å². The smallest absolute Gasteiger partial charge is 0.376 e. The first-order valence-corrected chi connectivity index (χ1v) is 6.94. The molecule has 0 unspecified atom stereocenters. The Morgan fingerprint density at radius 1 is 1.29 bits per heavy atom. The molecule has 1 aliphatic heterocycles. The maximum absolute atomic E-state index is 11.7. The molecule has 5 nitrogen and oxygen atoms in total. The zero-order chi connectivity index (χ0) is 14.8. The summed E-state index contributed by atoms with van der Waals surface area (Å²) in [6, 6.07) is 9.83. The molecule has 1 aromatic heterocycles. The molecule has 0 saturated carbocycles. The molecule has 3 rings (SSSR count). The lowest BCUT2D eigenvalue weighted by Crippen LogP contribution is -2.45. The third kappa shape index (κ3) is 2.59. The molecule has 2 aromatic rings. The van der Waals surface area contributed by atoms with Gasteiger partial charge < -0.3 is 9.64 Å². The molecular formula is C16H17N3O2. The molecule has 2 heterocycles. The zero-order valence-electron chi connectivity index (χ0n) is 12.1. The van der Waals surface area contributed by atoms with Crippen LogP contribution in [-0.2, 0) is 4.74 Å². The highest BCUT2D eigenvalue weighted by Gasteiger charge is 2.27. The largest absolute Gasteiger partial charge is 0.463 e. The average Bonchev–Trinajstić information content (AvgIpc) is 2.51. The van der Waals surface area contributed by atoms with Crippen LogP contribution in [0, 0.1) is 5.92 Å². The van der Waals surface area contributed by atoms with Gasteiger partial charge in [-0.3, -0.25) is 0 Å². The van der Waals surface area contributed by atoms with E-state index in [4.69, 9.17) is 4.74 Å². The van der Waals surface area contributed by atoms with Crippen molar-refractivity contribution in [2.75, 3.05) is 25.1 Å². The first-order chi connectivity index (χ1) is 10.2. The number of nitrogens with zero attached hydrogens (tertiary/aromatic N) is 3. The van der Waals surface area contributed by atoms with E-state index in [-0.39, 0.29) is 5.82 Å². The summed E-state index contributed by atoms with van der Waals surface area (Å²) < 4.78 is 4.71. The second kappa shape index (κ2) is 5.52. The Bertz CT molecular complexity index is 652. The molecule has 0 radical (unpaired) electrons. The Balaban J connectivity index is 2.05. The highest BCUT2D eigenvalue weighted by molar-refractivity contribution is 5.87. The van der Waals surface area contributed by atoms with E-state index in [1.807, 2.05) is 30.3 Å². The molecule has 0 aliphatic carbocycles. The molecule has 0 bridgehead atoms. The van der Waals surface area contributed by atoms with Crippen molar-refractivity contribution in [3.05, 3.63) is 42.4 Å². The number of hydrogen-bond acceptors (Lipinski definition) is 5. The summed E-state index contributed by atoms with van der Waals surface area (Å²) in [4.78, 5) is 22.4. The monoisotopic (exact) mass is 283 g/mol. The second-order valence-electron chi connectivity index (χ2n) is 5.30. The summed E-state index contributed by atoms with van der Waals surface area (Å²) in [5.74, 6) is 0.248. The molecule has 1 aromatic carbocycles. The highest BCUT2D eigenvalue weighted by Crippen LogP contribution is 2.32. The van der Waals surface area contributed by atoms with Crippen molar-refractivity contribution in [2.45, 2.75) is 6.92 Å². The minimum absolute atomic E-state index is 0.0914. The Labute approximate surface area is 123 Å². The summed E-state index contributed by atoms with van der Waals surface area (Å²) in [5, 5.41) is 0. The van der Waals surface area contributed by atoms with Crippen LogP contribution < -0.4 is 4.90 Å². The number of hydrogen-bond donors (Lipinski definition) is 0. The summed E-state index contributed by atoms with van der Waals surface area (Å²) in [6.45, 7) is 4.18. The van der Waals surface area contributed by atoms with Gasteiger partial charge >= 0.3 is 5.97 Å². The maximum atomic E-state index is 11.7. The average molecular weight is 283 g/mol. The predicted molar refractivity (Wildman–Crippen MR) is 80.2 cm³/mol. The van der Waals surface area contributed by atoms with Crippen LogP contribution in [0.1, 0.15) is 17.5 Å². The van der Waals surface area contributed by atoms with Gasteiger partial charge in [0.15, 0.2) is 0 Å². The van der Waals surface area contributed by atoms with Crippen LogP contribution in [0.5, 0.6) is 0 Å². The Hall–Kier alpha value is -2.43. The quantitative estimate of drug-likeness (QED) is 0.810. The van der Waals surface area contributed by atoms with Crippen molar-refractivity contribution in [1.82, 2.24) is 9.97 Å². The van der Waals surface area contributed by atoms with Crippen LogP contribution in [-0.4, -0.2) is 36.1 Å². The Morgan fingerprint density at radius 3 is 2.62 bits per heavy atom. The lowest BCUT2D eigenvalue weighted by atomic mass is 10.0. The first-order valence-electron chi connectivity index (χ1n) is 6.94. The van der Waals surface area contributed by atoms with Gasteiger partial charge in [0, 0.05) is 18.7 Å². The fourth-order valence-electron chi connectivity index (χ4n) is 2.50. The van der Waals surface area contributed by atoms with Gasteiger partial charge in [-0.05, 0) is 5.92 Å². The van der Waals surface area contributed by atoms with Gasteiger partial charge in [-0.2, -0.15) is 0 Å². The van der Waals surface area contributed by atoms with E-state index in [1.54, 1.807) is 6.20 Å². The summed E-state index contributed by atoms with van der Waals surface area (Å²) in [7, 11) is 1.33. The molecule has 0 atom stereocenters. The molecule has 21 heavy (non-hydrogen) atoms. The van der Waals surface area contributed by atoms with Crippen LogP contribution in [0.2, 0.25) is 0 Å². The van der Waals surface area contributed by atoms with Crippen LogP contribution in [0.15, 0.2) is 36.5 Å². The minimum atomic E-state index is -0.518. The van der Waals surface area contributed by atoms with Gasteiger partial charge in [0.05, 0.1) is 24.7 Å². The number of carbonyl (C=O) groups is 1. The fourth-order valence-corrected chi connectivity index (χ4v) is 2.50. The van der Waals surface area contributed by atoms with Crippen molar-refractivity contribution in [3.63, 3.8) is 0 Å². The van der Waals surface area contributed by atoms with Crippen molar-refractivity contribution in [3.8, 4) is 11.3 Å². The van der Waals surface area contributed by atoms with Gasteiger partial charge in [-0.25, -0.2) is 14.8 Å². The van der Waals surface area contributed by atoms with Crippen LogP contribution in [0.25, 0.3) is 11.3 Å². The first kappa shape index (κ1) is 13.5. The van der Waals surface area contributed by atoms with E-state index in [2.05, 4.69) is 21.8 Å². The lowest BCUT2D eigenvalue weighted by molar-refractivity contribution is 0.0587. The van der Waals surface area contributed by atoms with Gasteiger partial charge in [0.2, 0.25) is 5.82 Å². The molecule has 1 saturated heterocycles. The fraction of sp³-hybridized carbons (Fsp3) is 0.312. The molecule has 0 N–H and O–H groups in total. The van der Waals surface area contributed by atoms with Crippen molar-refractivity contribution in [1.29, 1.82) is 0 Å². The number of ether oxygens (including phenoxy) is 1. The number of carbonyl (C=O) groups excluding carboxylic acids is 1. The number of esters is 1. The molecule has 0 amide bonds. The molecule has 1 aliphatic rings. The standard InChI is InChI=1S/C16H17N3O2/c1-11-9-19(10-11)13-8-17-15(16(20)21-2)18-14(13)12-6-4-3-5-7-12/h3-8,11H,9-10H2,1-2H3. The molecule has 0 spiro atoms. The van der Waals surface area contributed by atoms with Gasteiger partial charge in [-0.1, -0.05) is 37.3 Å². The van der Waals surface area contributed by atoms with Crippen molar-refractivity contribution in [2.24, 2.45) is 5.92 Å². The van der Waals surface area contributed by atoms with Crippen LogP contribution >= 0.6 is 0 Å². The van der Waals surface area contributed by atoms with E-state index in [0.29, 0.717) is 5.92 Å². The lowest BCUT2D eigenvalue weighted by Gasteiger charge is -2.39. The second-order valence-corrected chi connectivity index (χ2v) is 5.30. The molecule has 5 heteroatoms. The third-order valence-electron chi connectivity index (χ3n) is 3.59. The zero-order valence-corrected chi connectivity index (χ0v) is 12.1. The Kier molecular flexibility index (Phi) is 3.56. The number of anilines is 1. The number of rotatable bonds is 3. The predicted octanol–water partition coefficient (Wildman–Crippen LogP) is 2.39. The molecular weight excluding hydrogens is 266 g/mol. The van der Waals surface area contributed by atoms with E-state index >= 15 is 0 Å². The molecule has 108 valence electrons. The SMILES string of the molecule is COC(=O)c1ncc(N2CC(C)C2)c(-c2ccccc2)n1. The number of methoxy groups -OCH3 is 1. The summed E-state index contributed by atoms with van der Waals surface area (Å²) in [5.41, 5.74) is 2.71. The summed E-state index contributed by atoms with van der Waals surface area (Å²) in [6.07, 6.45) is 1.72. The summed E-state index contributed by atoms with van der Waals surface area (Å²) >= 11 is 0.